The first-order chi connectivity index (χ1) is 19.5. The molecule has 3 aromatic rings. The lowest BCUT2D eigenvalue weighted by Gasteiger charge is -2.36. The molecule has 1 aromatic carbocycles. The van der Waals surface area contributed by atoms with Crippen LogP contribution in [0.5, 0.6) is 5.75 Å². The predicted octanol–water partition coefficient (Wildman–Crippen LogP) is 4.56. The number of likely N-dealkylation sites (tertiary alicyclic amines) is 1. The molecule has 1 saturated heterocycles. The Hall–Kier alpha value is -4.34. The molecule has 0 bridgehead atoms. The molecule has 1 aliphatic rings. The Balaban J connectivity index is 1.52. The van der Waals surface area contributed by atoms with Crippen molar-refractivity contribution in [2.24, 2.45) is 5.92 Å². The molecule has 0 radical (unpaired) electrons. The quantitative estimate of drug-likeness (QED) is 0.224. The van der Waals surface area contributed by atoms with E-state index in [1.54, 1.807) is 24.8 Å². The summed E-state index contributed by atoms with van der Waals surface area (Å²) in [5, 5.41) is 21.2. The number of pyridine rings is 1. The molecule has 4 N–H and O–H groups in total. The van der Waals surface area contributed by atoms with Crippen LogP contribution in [0.25, 0.3) is 10.9 Å². The van der Waals surface area contributed by atoms with Crippen molar-refractivity contribution < 1.29 is 19.4 Å². The number of benzene rings is 1. The van der Waals surface area contributed by atoms with Crippen LogP contribution in [0.15, 0.2) is 47.0 Å². The van der Waals surface area contributed by atoms with Gasteiger partial charge in [-0.25, -0.2) is 0 Å². The largest absolute Gasteiger partial charge is 0.512 e. The Morgan fingerprint density at radius 1 is 1.24 bits per heavy atom. The van der Waals surface area contributed by atoms with Crippen LogP contribution in [-0.4, -0.2) is 57.3 Å². The molecule has 218 valence electrons. The number of ether oxygens (including phenoxy) is 1. The number of hydrogen-bond donors (Lipinski definition) is 4. The normalized spacial score (nSPS) is 15.1. The Morgan fingerprint density at radius 3 is 2.59 bits per heavy atom. The van der Waals surface area contributed by atoms with Gasteiger partial charge in [0.15, 0.2) is 0 Å². The van der Waals surface area contributed by atoms with E-state index in [9.17, 15) is 19.5 Å². The molecule has 0 spiro atoms. The summed E-state index contributed by atoms with van der Waals surface area (Å²) in [6.07, 6.45) is 2.79. The molecule has 0 aliphatic carbocycles. The summed E-state index contributed by atoms with van der Waals surface area (Å²) in [6.45, 7) is 8.63. The molecule has 2 aromatic heterocycles. The van der Waals surface area contributed by atoms with Crippen molar-refractivity contribution in [2.75, 3.05) is 20.2 Å². The molecule has 0 saturated carbocycles. The third-order valence-electron chi connectivity index (χ3n) is 7.96. The van der Waals surface area contributed by atoms with Crippen molar-refractivity contribution in [1.82, 2.24) is 19.8 Å². The number of aromatic nitrogens is 2. The average Bonchev–Trinajstić information content (AvgIpc) is 3.22. The predicted molar refractivity (Wildman–Crippen MR) is 159 cm³/mol. The molecule has 3 heterocycles. The molecule has 4 rings (SSSR count). The van der Waals surface area contributed by atoms with E-state index >= 15 is 0 Å². The lowest BCUT2D eigenvalue weighted by Crippen LogP contribution is -2.40. The summed E-state index contributed by atoms with van der Waals surface area (Å²) < 4.78 is 7.59. The first-order valence-electron chi connectivity index (χ1n) is 13.9. The van der Waals surface area contributed by atoms with Crippen molar-refractivity contribution in [3.05, 3.63) is 75.0 Å². The lowest BCUT2D eigenvalue weighted by molar-refractivity contribution is -0.132. The third kappa shape index (κ3) is 6.37. The van der Waals surface area contributed by atoms with Gasteiger partial charge in [0.05, 0.1) is 31.2 Å². The Morgan fingerprint density at radius 2 is 1.93 bits per heavy atom. The first kappa shape index (κ1) is 29.6. The number of fused-ring (bicyclic) bond motifs is 1. The molecule has 0 unspecified atom stereocenters. The summed E-state index contributed by atoms with van der Waals surface area (Å²) in [4.78, 5) is 43.3. The molecule has 1 atom stereocenters. The topological polar surface area (TPSA) is 141 Å². The van der Waals surface area contributed by atoms with Crippen LogP contribution in [0.1, 0.15) is 66.5 Å². The fourth-order valence-corrected chi connectivity index (χ4v) is 5.91. The van der Waals surface area contributed by atoms with E-state index in [1.807, 2.05) is 31.2 Å². The van der Waals surface area contributed by atoms with E-state index < -0.39 is 0 Å². The van der Waals surface area contributed by atoms with Gasteiger partial charge in [0.25, 0.3) is 11.5 Å². The van der Waals surface area contributed by atoms with E-state index in [2.05, 4.69) is 21.8 Å². The SMILES string of the molecule is COc1cc(C)[nH]c(=O)c1CNC(=O)c1c(C)n([C@H](C)C2CCN(C(=O)C/C(O)=C/C(C)=N)CC2)c2ccccc12. The summed E-state index contributed by atoms with van der Waals surface area (Å²) in [5.41, 5.74) is 3.33. The second-order valence-electron chi connectivity index (χ2n) is 10.8. The maximum absolute atomic E-state index is 13.6. The molecule has 2 amide bonds. The third-order valence-corrected chi connectivity index (χ3v) is 7.96. The van der Waals surface area contributed by atoms with Crippen LogP contribution < -0.4 is 15.6 Å². The van der Waals surface area contributed by atoms with E-state index in [-0.39, 0.29) is 53.8 Å². The maximum Gasteiger partial charge on any atom is 0.256 e. The van der Waals surface area contributed by atoms with E-state index in [0.717, 1.165) is 29.4 Å². The molecular weight excluding hydrogens is 522 g/mol. The number of allylic oxidation sites excluding steroid dienone is 1. The number of H-pyrrole nitrogens is 1. The van der Waals surface area contributed by atoms with Gasteiger partial charge in [0.2, 0.25) is 5.91 Å². The number of aromatic amines is 1. The monoisotopic (exact) mass is 561 g/mol. The van der Waals surface area contributed by atoms with Crippen LogP contribution in [0.4, 0.5) is 0 Å². The molecular formula is C31H39N5O5. The van der Waals surface area contributed by atoms with Crippen molar-refractivity contribution in [3.8, 4) is 5.75 Å². The van der Waals surface area contributed by atoms with Gasteiger partial charge < -0.3 is 35.0 Å². The lowest BCUT2D eigenvalue weighted by atomic mass is 9.89. The van der Waals surface area contributed by atoms with Crippen LogP contribution in [-0.2, 0) is 11.3 Å². The number of rotatable bonds is 9. The van der Waals surface area contributed by atoms with Gasteiger partial charge in [-0.2, -0.15) is 0 Å². The number of aliphatic hydroxyl groups excluding tert-OH is 1. The minimum Gasteiger partial charge on any atom is -0.512 e. The molecule has 1 fully saturated rings. The van der Waals surface area contributed by atoms with Gasteiger partial charge in [-0.05, 0) is 64.7 Å². The summed E-state index contributed by atoms with van der Waals surface area (Å²) in [5.74, 6) is 0.216. The van der Waals surface area contributed by atoms with E-state index in [1.165, 1.54) is 13.2 Å². The average molecular weight is 562 g/mol. The summed E-state index contributed by atoms with van der Waals surface area (Å²) in [6, 6.07) is 9.64. The zero-order valence-electron chi connectivity index (χ0n) is 24.3. The van der Waals surface area contributed by atoms with Gasteiger partial charge in [0.1, 0.15) is 11.5 Å². The minimum atomic E-state index is -0.296. The van der Waals surface area contributed by atoms with Crippen LogP contribution >= 0.6 is 0 Å². The number of nitrogens with one attached hydrogen (secondary N) is 3. The maximum atomic E-state index is 13.6. The minimum absolute atomic E-state index is 0.0305. The highest BCUT2D eigenvalue weighted by Crippen LogP contribution is 2.36. The Labute approximate surface area is 239 Å². The molecule has 10 heteroatoms. The number of aryl methyl sites for hydroxylation is 1. The number of carbonyl (C=O) groups is 2. The highest BCUT2D eigenvalue weighted by atomic mass is 16.5. The first-order valence-corrected chi connectivity index (χ1v) is 13.9. The zero-order chi connectivity index (χ0) is 29.8. The van der Waals surface area contributed by atoms with Gasteiger partial charge in [-0.3, -0.25) is 14.4 Å². The fourth-order valence-electron chi connectivity index (χ4n) is 5.91. The van der Waals surface area contributed by atoms with Gasteiger partial charge in [0, 0.05) is 47.1 Å². The summed E-state index contributed by atoms with van der Waals surface area (Å²) >= 11 is 0. The number of nitrogens with zero attached hydrogens (tertiary/aromatic N) is 2. The standard InChI is InChI=1S/C31H39N5O5/c1-18(32)14-23(37)16-28(38)35-12-10-22(11-13-35)20(3)36-21(4)29(24-8-6-7-9-26(24)36)31(40)33-17-25-27(41-5)15-19(2)34-30(25)39/h6-9,14-15,20,22,32,37H,10-13,16-17H2,1-5H3,(H,33,40)(H,34,39)/b23-14-,32-18?/t20-/m1/s1. The second-order valence-corrected chi connectivity index (χ2v) is 10.8. The molecule has 41 heavy (non-hydrogen) atoms. The van der Waals surface area contributed by atoms with Crippen molar-refractivity contribution >= 4 is 28.4 Å². The number of carbonyl (C=O) groups excluding carboxylic acids is 2. The van der Waals surface area contributed by atoms with E-state index in [4.69, 9.17) is 10.1 Å². The highest BCUT2D eigenvalue weighted by molar-refractivity contribution is 6.08. The number of aliphatic hydroxyl groups is 1. The Bertz CT molecular complexity index is 1560. The number of hydrogen-bond acceptors (Lipinski definition) is 6. The van der Waals surface area contributed by atoms with Crippen LogP contribution in [0, 0.1) is 25.2 Å². The number of piperidine rings is 1. The second kappa shape index (κ2) is 12.4. The summed E-state index contributed by atoms with van der Waals surface area (Å²) in [7, 11) is 1.50. The van der Waals surface area contributed by atoms with E-state index in [0.29, 0.717) is 35.7 Å². The fraction of sp³-hybridized carbons (Fsp3) is 0.419. The molecule has 10 nitrogen and oxygen atoms in total. The van der Waals surface area contributed by atoms with Gasteiger partial charge in [-0.1, -0.05) is 18.2 Å². The van der Waals surface area contributed by atoms with Crippen LogP contribution in [0.3, 0.4) is 0 Å². The van der Waals surface area contributed by atoms with Crippen molar-refractivity contribution in [2.45, 2.75) is 59.5 Å². The van der Waals surface area contributed by atoms with Crippen LogP contribution in [0.2, 0.25) is 0 Å². The number of methoxy groups -OCH3 is 1. The zero-order valence-corrected chi connectivity index (χ0v) is 24.3. The Kier molecular flexibility index (Phi) is 9.00. The smallest absolute Gasteiger partial charge is 0.256 e. The van der Waals surface area contributed by atoms with Crippen molar-refractivity contribution in [3.63, 3.8) is 0 Å². The van der Waals surface area contributed by atoms with Gasteiger partial charge in [-0.15, -0.1) is 0 Å². The highest BCUT2D eigenvalue weighted by Gasteiger charge is 2.30. The van der Waals surface area contributed by atoms with Crippen molar-refractivity contribution in [1.29, 1.82) is 5.41 Å². The van der Waals surface area contributed by atoms with Gasteiger partial charge >= 0.3 is 0 Å². The molecule has 1 aliphatic heterocycles. The number of amides is 2. The number of para-hydroxylation sites is 1.